The third-order valence-electron chi connectivity index (χ3n) is 1.99. The van der Waals surface area contributed by atoms with Gasteiger partial charge in [0.25, 0.3) is 0 Å². The number of rotatable bonds is 6. The van der Waals surface area contributed by atoms with Gasteiger partial charge in [0.15, 0.2) is 0 Å². The zero-order chi connectivity index (χ0) is 12.9. The maximum absolute atomic E-state index is 13.2. The summed E-state index contributed by atoms with van der Waals surface area (Å²) in [5.41, 5.74) is 0.219. The lowest BCUT2D eigenvalue weighted by Gasteiger charge is -2.08. The number of anilines is 1. The first-order chi connectivity index (χ1) is 7.94. The summed E-state index contributed by atoms with van der Waals surface area (Å²) in [4.78, 5) is 0. The molecule has 0 atom stereocenters. The monoisotopic (exact) mass is 343 g/mol. The summed E-state index contributed by atoms with van der Waals surface area (Å²) in [5, 5.41) is 0. The van der Waals surface area contributed by atoms with E-state index in [4.69, 9.17) is 11.6 Å². The fourth-order valence-corrected chi connectivity index (χ4v) is 2.78. The Morgan fingerprint density at radius 1 is 1.35 bits per heavy atom. The molecule has 3 nitrogen and oxygen atoms in total. The molecule has 0 unspecified atom stereocenters. The molecule has 7 heteroatoms. The molecule has 0 bridgehead atoms. The second-order valence-electron chi connectivity index (χ2n) is 3.45. The van der Waals surface area contributed by atoms with E-state index in [0.29, 0.717) is 23.2 Å². The minimum absolute atomic E-state index is 0.0165. The summed E-state index contributed by atoms with van der Waals surface area (Å²) in [6.07, 6.45) is 1.12. The number of hydrogen-bond donors (Lipinski definition) is 1. The lowest BCUT2D eigenvalue weighted by Crippen LogP contribution is -2.16. The average Bonchev–Trinajstić information content (AvgIpc) is 2.23. The SMILES string of the molecule is O=S(=O)(CCCCCl)Nc1ccc(Br)c(F)c1. The second-order valence-corrected chi connectivity index (χ2v) is 6.52. The Balaban J connectivity index is 2.66. The van der Waals surface area contributed by atoms with Crippen molar-refractivity contribution in [2.75, 3.05) is 16.4 Å². The predicted octanol–water partition coefficient (Wildman–Crippen LogP) is 3.35. The first kappa shape index (κ1) is 14.7. The van der Waals surface area contributed by atoms with Crippen LogP contribution >= 0.6 is 27.5 Å². The smallest absolute Gasteiger partial charge is 0.232 e. The minimum Gasteiger partial charge on any atom is -0.283 e. The van der Waals surface area contributed by atoms with Crippen LogP contribution in [0.5, 0.6) is 0 Å². The fourth-order valence-electron chi connectivity index (χ4n) is 1.18. The summed E-state index contributed by atoms with van der Waals surface area (Å²) in [5.74, 6) is -0.0919. The molecule has 1 aromatic rings. The van der Waals surface area contributed by atoms with Crippen molar-refractivity contribution in [1.82, 2.24) is 0 Å². The molecule has 0 heterocycles. The zero-order valence-electron chi connectivity index (χ0n) is 8.92. The Kier molecular flexibility index (Phi) is 5.69. The van der Waals surface area contributed by atoms with Gasteiger partial charge in [0.2, 0.25) is 10.0 Å². The predicted molar refractivity (Wildman–Crippen MR) is 71.5 cm³/mol. The van der Waals surface area contributed by atoms with Crippen LogP contribution in [0, 0.1) is 5.82 Å². The number of nitrogens with one attached hydrogen (secondary N) is 1. The zero-order valence-corrected chi connectivity index (χ0v) is 12.1. The van der Waals surface area contributed by atoms with E-state index in [2.05, 4.69) is 20.7 Å². The Morgan fingerprint density at radius 3 is 2.65 bits per heavy atom. The maximum Gasteiger partial charge on any atom is 0.232 e. The van der Waals surface area contributed by atoms with E-state index in [1.54, 1.807) is 0 Å². The molecule has 0 aliphatic carbocycles. The first-order valence-electron chi connectivity index (χ1n) is 4.96. The number of sulfonamides is 1. The molecular formula is C10H12BrClFNO2S. The molecule has 0 spiro atoms. The van der Waals surface area contributed by atoms with E-state index in [-0.39, 0.29) is 11.4 Å². The number of alkyl halides is 1. The molecule has 0 aliphatic rings. The summed E-state index contributed by atoms with van der Waals surface area (Å²) >= 11 is 8.45. The van der Waals surface area contributed by atoms with Gasteiger partial charge in [-0.05, 0) is 47.0 Å². The van der Waals surface area contributed by atoms with Crippen molar-refractivity contribution in [3.05, 3.63) is 28.5 Å². The highest BCUT2D eigenvalue weighted by Crippen LogP contribution is 2.20. The largest absolute Gasteiger partial charge is 0.283 e. The van der Waals surface area contributed by atoms with Gasteiger partial charge in [-0.15, -0.1) is 11.6 Å². The normalized spacial score (nSPS) is 11.5. The molecule has 1 N–H and O–H groups in total. The van der Waals surface area contributed by atoms with E-state index in [9.17, 15) is 12.8 Å². The Bertz CT molecular complexity index is 481. The summed E-state index contributed by atoms with van der Waals surface area (Å²) in [6, 6.07) is 4.07. The number of hydrogen-bond acceptors (Lipinski definition) is 2. The quantitative estimate of drug-likeness (QED) is 0.635. The molecule has 0 radical (unpaired) electrons. The van der Waals surface area contributed by atoms with Gasteiger partial charge in [0, 0.05) is 5.88 Å². The molecule has 0 saturated heterocycles. The second kappa shape index (κ2) is 6.56. The van der Waals surface area contributed by atoms with Crippen molar-refractivity contribution in [1.29, 1.82) is 0 Å². The number of unbranched alkanes of at least 4 members (excludes halogenated alkanes) is 1. The highest BCUT2D eigenvalue weighted by Gasteiger charge is 2.11. The van der Waals surface area contributed by atoms with E-state index in [1.807, 2.05) is 0 Å². The van der Waals surface area contributed by atoms with Crippen molar-refractivity contribution in [3.8, 4) is 0 Å². The molecule has 96 valence electrons. The molecule has 17 heavy (non-hydrogen) atoms. The van der Waals surface area contributed by atoms with Crippen LogP contribution in [0.15, 0.2) is 22.7 Å². The molecule has 0 amide bonds. The van der Waals surface area contributed by atoms with Gasteiger partial charge in [-0.25, -0.2) is 12.8 Å². The van der Waals surface area contributed by atoms with Crippen LogP contribution in [0.3, 0.4) is 0 Å². The van der Waals surface area contributed by atoms with Crippen LogP contribution in [0.4, 0.5) is 10.1 Å². The van der Waals surface area contributed by atoms with Gasteiger partial charge in [-0.1, -0.05) is 0 Å². The van der Waals surface area contributed by atoms with Crippen LogP contribution in [0.2, 0.25) is 0 Å². The highest BCUT2D eigenvalue weighted by atomic mass is 79.9. The fraction of sp³-hybridized carbons (Fsp3) is 0.400. The third kappa shape index (κ3) is 5.23. The molecule has 0 saturated carbocycles. The molecule has 0 aromatic heterocycles. The van der Waals surface area contributed by atoms with Crippen molar-refractivity contribution >= 4 is 43.2 Å². The van der Waals surface area contributed by atoms with Crippen LogP contribution in [0.1, 0.15) is 12.8 Å². The van der Waals surface area contributed by atoms with Crippen molar-refractivity contribution in [2.24, 2.45) is 0 Å². The van der Waals surface area contributed by atoms with Gasteiger partial charge in [-0.2, -0.15) is 0 Å². The van der Waals surface area contributed by atoms with Crippen LogP contribution in [0.25, 0.3) is 0 Å². The lowest BCUT2D eigenvalue weighted by molar-refractivity contribution is 0.598. The minimum atomic E-state index is -3.43. The van der Waals surface area contributed by atoms with Gasteiger partial charge >= 0.3 is 0 Å². The lowest BCUT2D eigenvalue weighted by atomic mass is 10.3. The average molecular weight is 345 g/mol. The molecular weight excluding hydrogens is 333 g/mol. The Morgan fingerprint density at radius 2 is 2.06 bits per heavy atom. The van der Waals surface area contributed by atoms with Crippen LogP contribution < -0.4 is 4.72 Å². The van der Waals surface area contributed by atoms with Gasteiger partial charge in [0.05, 0.1) is 15.9 Å². The third-order valence-corrected chi connectivity index (χ3v) is 4.27. The van der Waals surface area contributed by atoms with E-state index in [0.717, 1.165) is 6.07 Å². The van der Waals surface area contributed by atoms with Crippen molar-refractivity contribution in [2.45, 2.75) is 12.8 Å². The standard InChI is InChI=1S/C10H12BrClFNO2S/c11-9-4-3-8(7-10(9)13)14-17(15,16)6-2-1-5-12/h3-4,7,14H,1-2,5-6H2. The van der Waals surface area contributed by atoms with Gasteiger partial charge in [0.1, 0.15) is 5.82 Å². The molecule has 0 aliphatic heterocycles. The van der Waals surface area contributed by atoms with Crippen LogP contribution in [-0.4, -0.2) is 20.1 Å². The Labute approximate surface area is 114 Å². The van der Waals surface area contributed by atoms with Crippen molar-refractivity contribution < 1.29 is 12.8 Å². The topological polar surface area (TPSA) is 46.2 Å². The Hall–Kier alpha value is -0.330. The molecule has 1 aromatic carbocycles. The number of halogens is 3. The van der Waals surface area contributed by atoms with E-state index in [1.165, 1.54) is 12.1 Å². The maximum atomic E-state index is 13.2. The van der Waals surface area contributed by atoms with Crippen molar-refractivity contribution in [3.63, 3.8) is 0 Å². The summed E-state index contributed by atoms with van der Waals surface area (Å²) in [7, 11) is -3.43. The van der Waals surface area contributed by atoms with Crippen LogP contribution in [-0.2, 0) is 10.0 Å². The number of benzene rings is 1. The summed E-state index contributed by atoms with van der Waals surface area (Å²) in [6.45, 7) is 0. The van der Waals surface area contributed by atoms with Gasteiger partial charge < -0.3 is 0 Å². The van der Waals surface area contributed by atoms with Gasteiger partial charge in [-0.3, -0.25) is 4.72 Å². The molecule has 0 fully saturated rings. The highest BCUT2D eigenvalue weighted by molar-refractivity contribution is 9.10. The molecule has 1 rings (SSSR count). The van der Waals surface area contributed by atoms with E-state index < -0.39 is 15.8 Å². The summed E-state index contributed by atoms with van der Waals surface area (Å²) < 4.78 is 38.9. The first-order valence-corrected chi connectivity index (χ1v) is 7.94. The van der Waals surface area contributed by atoms with E-state index >= 15 is 0 Å².